The fourth-order valence-electron chi connectivity index (χ4n) is 5.83. The van der Waals surface area contributed by atoms with Crippen molar-refractivity contribution >= 4 is 10.1 Å². The third kappa shape index (κ3) is 26.4. The molecule has 0 rings (SSSR count). The van der Waals surface area contributed by atoms with Gasteiger partial charge in [-0.05, 0) is 12.8 Å². The monoisotopic (exact) mass is 580 g/mol. The SMILES string of the molecule is CCCCCCCCCCCCCCCCCCCCCCCC[N+](CCO)(CCO)CC(O)CS(=O)(=O)O. The van der Waals surface area contributed by atoms with Gasteiger partial charge in [0.2, 0.25) is 0 Å². The minimum absolute atomic E-state index is 0.0974. The van der Waals surface area contributed by atoms with E-state index in [1.54, 1.807) is 0 Å². The Labute approximate surface area is 242 Å². The summed E-state index contributed by atoms with van der Waals surface area (Å²) in [4.78, 5) is 0. The highest BCUT2D eigenvalue weighted by Gasteiger charge is 2.31. The molecule has 0 aromatic heterocycles. The zero-order chi connectivity index (χ0) is 29.1. The summed E-state index contributed by atoms with van der Waals surface area (Å²) in [6.45, 7) is 3.55. The minimum Gasteiger partial charge on any atom is -0.391 e. The molecule has 0 fully saturated rings. The molecular formula is C31H66NO6S+. The van der Waals surface area contributed by atoms with Crippen LogP contribution in [-0.4, -0.2) is 84.0 Å². The molecule has 39 heavy (non-hydrogen) atoms. The van der Waals surface area contributed by atoms with Gasteiger partial charge in [-0.3, -0.25) is 4.55 Å². The van der Waals surface area contributed by atoms with Crippen LogP contribution < -0.4 is 0 Å². The number of rotatable bonds is 31. The minimum atomic E-state index is -4.27. The molecule has 0 aliphatic heterocycles. The van der Waals surface area contributed by atoms with Gasteiger partial charge in [-0.1, -0.05) is 135 Å². The first-order valence-corrected chi connectivity index (χ1v) is 18.1. The van der Waals surface area contributed by atoms with E-state index in [9.17, 15) is 23.7 Å². The lowest BCUT2D eigenvalue weighted by Crippen LogP contribution is -2.56. The fourth-order valence-corrected chi connectivity index (χ4v) is 6.42. The molecule has 0 heterocycles. The van der Waals surface area contributed by atoms with Crippen LogP contribution in [-0.2, 0) is 10.1 Å². The molecule has 0 aromatic carbocycles. The highest BCUT2D eigenvalue weighted by atomic mass is 32.2. The van der Waals surface area contributed by atoms with Gasteiger partial charge in [-0.2, -0.15) is 8.42 Å². The van der Waals surface area contributed by atoms with Crippen LogP contribution in [0.1, 0.15) is 148 Å². The smallest absolute Gasteiger partial charge is 0.267 e. The van der Waals surface area contributed by atoms with Gasteiger partial charge in [-0.15, -0.1) is 0 Å². The average Bonchev–Trinajstić information content (AvgIpc) is 2.86. The molecule has 0 aliphatic carbocycles. The van der Waals surface area contributed by atoms with Crippen molar-refractivity contribution in [3.05, 3.63) is 0 Å². The second-order valence-electron chi connectivity index (χ2n) is 12.0. The predicted octanol–water partition coefficient (Wildman–Crippen LogP) is 6.64. The van der Waals surface area contributed by atoms with E-state index in [1.807, 2.05) is 0 Å². The lowest BCUT2D eigenvalue weighted by molar-refractivity contribution is -0.931. The maximum atomic E-state index is 11.1. The Morgan fingerprint density at radius 1 is 0.538 bits per heavy atom. The van der Waals surface area contributed by atoms with Crippen LogP contribution in [0.3, 0.4) is 0 Å². The molecule has 0 saturated heterocycles. The van der Waals surface area contributed by atoms with Gasteiger partial charge in [0.05, 0.1) is 19.8 Å². The number of unbranched alkanes of at least 4 members (excludes halogenated alkanes) is 21. The molecule has 4 N–H and O–H groups in total. The number of quaternary nitrogens is 1. The summed E-state index contributed by atoms with van der Waals surface area (Å²) in [5.41, 5.74) is 0. The number of hydrogen-bond acceptors (Lipinski definition) is 5. The Hall–Kier alpha value is -0.250. The number of nitrogens with zero attached hydrogens (tertiary/aromatic N) is 1. The van der Waals surface area contributed by atoms with Gasteiger partial charge >= 0.3 is 0 Å². The molecule has 1 atom stereocenters. The summed E-state index contributed by atoms with van der Waals surface area (Å²) in [5.74, 6) is -0.719. The molecule has 0 bridgehead atoms. The maximum Gasteiger partial charge on any atom is 0.267 e. The van der Waals surface area contributed by atoms with Gasteiger partial charge in [0.15, 0.2) is 0 Å². The van der Waals surface area contributed by atoms with E-state index >= 15 is 0 Å². The predicted molar refractivity (Wildman–Crippen MR) is 164 cm³/mol. The summed E-state index contributed by atoms with van der Waals surface area (Å²) < 4.78 is 31.5. The van der Waals surface area contributed by atoms with E-state index in [1.165, 1.54) is 122 Å². The summed E-state index contributed by atoms with van der Waals surface area (Å²) in [6.07, 6.45) is 28.1. The van der Waals surface area contributed by atoms with Gasteiger partial charge in [0, 0.05) is 0 Å². The highest BCUT2D eigenvalue weighted by Crippen LogP contribution is 2.17. The zero-order valence-electron chi connectivity index (χ0n) is 25.5. The lowest BCUT2D eigenvalue weighted by atomic mass is 10.0. The summed E-state index contributed by atoms with van der Waals surface area (Å²) in [7, 11) is -4.27. The van der Waals surface area contributed by atoms with Gasteiger partial charge in [0.1, 0.15) is 31.5 Å². The number of hydrogen-bond donors (Lipinski definition) is 4. The fraction of sp³-hybridized carbons (Fsp3) is 1.00. The molecule has 8 heteroatoms. The average molecular weight is 581 g/mol. The largest absolute Gasteiger partial charge is 0.391 e. The van der Waals surface area contributed by atoms with Crippen molar-refractivity contribution in [1.29, 1.82) is 0 Å². The van der Waals surface area contributed by atoms with Crippen molar-refractivity contribution in [3.63, 3.8) is 0 Å². The van der Waals surface area contributed by atoms with Gasteiger partial charge in [-0.25, -0.2) is 0 Å². The van der Waals surface area contributed by atoms with E-state index in [-0.39, 0.29) is 24.2 Å². The van der Waals surface area contributed by atoms with Crippen LogP contribution in [0.4, 0.5) is 0 Å². The Morgan fingerprint density at radius 2 is 0.846 bits per heavy atom. The normalized spacial score (nSPS) is 13.3. The van der Waals surface area contributed by atoms with Crippen LogP contribution >= 0.6 is 0 Å². The number of aliphatic hydroxyl groups is 3. The molecule has 0 aliphatic rings. The second kappa shape index (κ2) is 26.6. The first-order valence-electron chi connectivity index (χ1n) is 16.5. The zero-order valence-corrected chi connectivity index (χ0v) is 26.4. The van der Waals surface area contributed by atoms with Crippen LogP contribution in [0.15, 0.2) is 0 Å². The van der Waals surface area contributed by atoms with Crippen LogP contribution in [0.2, 0.25) is 0 Å². The lowest BCUT2D eigenvalue weighted by Gasteiger charge is -2.39. The quantitative estimate of drug-likeness (QED) is 0.0415. The van der Waals surface area contributed by atoms with Crippen molar-refractivity contribution in [3.8, 4) is 0 Å². The molecule has 1 unspecified atom stereocenters. The van der Waals surface area contributed by atoms with E-state index in [2.05, 4.69) is 6.92 Å². The third-order valence-corrected chi connectivity index (χ3v) is 8.94. The van der Waals surface area contributed by atoms with Gasteiger partial charge in [0.25, 0.3) is 10.1 Å². The highest BCUT2D eigenvalue weighted by molar-refractivity contribution is 7.85. The van der Waals surface area contributed by atoms with E-state index in [0.29, 0.717) is 19.6 Å². The molecule has 0 radical (unpaired) electrons. The second-order valence-corrected chi connectivity index (χ2v) is 13.5. The summed E-state index contributed by atoms with van der Waals surface area (Å²) >= 11 is 0. The summed E-state index contributed by atoms with van der Waals surface area (Å²) in [6, 6.07) is 0. The molecule has 7 nitrogen and oxygen atoms in total. The van der Waals surface area contributed by atoms with Crippen molar-refractivity contribution in [1.82, 2.24) is 0 Å². The van der Waals surface area contributed by atoms with Gasteiger partial charge < -0.3 is 19.8 Å². The molecule has 0 spiro atoms. The number of aliphatic hydroxyl groups excluding tert-OH is 3. The topological polar surface area (TPSA) is 115 Å². The Balaban J connectivity index is 3.67. The Morgan fingerprint density at radius 3 is 1.13 bits per heavy atom. The first kappa shape index (κ1) is 38.8. The van der Waals surface area contributed by atoms with Crippen molar-refractivity contribution in [2.75, 3.05) is 45.1 Å². The third-order valence-electron chi connectivity index (χ3n) is 8.14. The van der Waals surface area contributed by atoms with E-state index in [0.717, 1.165) is 19.3 Å². The van der Waals surface area contributed by atoms with Crippen molar-refractivity contribution < 1.29 is 32.8 Å². The molecule has 236 valence electrons. The molecule has 0 amide bonds. The van der Waals surface area contributed by atoms with E-state index < -0.39 is 22.0 Å². The van der Waals surface area contributed by atoms with Crippen molar-refractivity contribution in [2.24, 2.45) is 0 Å². The molecular weight excluding hydrogens is 514 g/mol. The standard InChI is InChI=1S/C31H65NO6S/c1-2-3-4-5-6-7-8-9-10-11-12-13-14-15-16-17-18-19-20-21-22-23-24-32(25-27-33,26-28-34)29-31(35)30-39(36,37)38/h31,33-35H,2-30H2,1H3/p+1. The van der Waals surface area contributed by atoms with Crippen molar-refractivity contribution in [2.45, 2.75) is 154 Å². The molecule has 0 aromatic rings. The maximum absolute atomic E-state index is 11.1. The van der Waals surface area contributed by atoms with Crippen LogP contribution in [0.25, 0.3) is 0 Å². The first-order chi connectivity index (χ1) is 18.8. The van der Waals surface area contributed by atoms with Crippen LogP contribution in [0, 0.1) is 0 Å². The van der Waals surface area contributed by atoms with Crippen LogP contribution in [0.5, 0.6) is 0 Å². The molecule has 0 saturated carbocycles. The Bertz CT molecular complexity index is 610. The summed E-state index contributed by atoms with van der Waals surface area (Å²) in [5, 5.41) is 29.1. The Kier molecular flexibility index (Phi) is 26.5. The van der Waals surface area contributed by atoms with E-state index in [4.69, 9.17) is 4.55 Å².